The molecule has 2 aromatic rings. The molecule has 2 aromatic carbocycles. The minimum atomic E-state index is 0.160. The van der Waals surface area contributed by atoms with E-state index in [-0.39, 0.29) is 11.2 Å². The SMILES string of the molecule is CC(C)(C)c1ccc(Nc2ccccc2O)cc1. The number of hydrogen-bond acceptors (Lipinski definition) is 2. The molecule has 0 unspecified atom stereocenters. The highest BCUT2D eigenvalue weighted by Gasteiger charge is 2.12. The molecule has 0 saturated carbocycles. The molecule has 0 spiro atoms. The summed E-state index contributed by atoms with van der Waals surface area (Å²) in [7, 11) is 0. The van der Waals surface area contributed by atoms with Gasteiger partial charge in [0.05, 0.1) is 5.69 Å². The second-order valence-electron chi connectivity index (χ2n) is 5.47. The van der Waals surface area contributed by atoms with Gasteiger partial charge in [0, 0.05) is 5.69 Å². The predicted octanol–water partition coefficient (Wildman–Crippen LogP) is 4.43. The lowest BCUT2D eigenvalue weighted by atomic mass is 9.87. The van der Waals surface area contributed by atoms with Crippen molar-refractivity contribution < 1.29 is 5.11 Å². The lowest BCUT2D eigenvalue weighted by molar-refractivity contribution is 0.478. The van der Waals surface area contributed by atoms with Crippen LogP contribution < -0.4 is 5.32 Å². The first-order valence-corrected chi connectivity index (χ1v) is 6.12. The fourth-order valence-corrected chi connectivity index (χ4v) is 1.79. The highest BCUT2D eigenvalue weighted by atomic mass is 16.3. The first-order chi connectivity index (χ1) is 8.47. The second kappa shape index (κ2) is 4.73. The molecular weight excluding hydrogens is 222 g/mol. The van der Waals surface area contributed by atoms with Gasteiger partial charge in [0.15, 0.2) is 0 Å². The Hall–Kier alpha value is -1.96. The maximum absolute atomic E-state index is 9.69. The summed E-state index contributed by atoms with van der Waals surface area (Å²) in [5.41, 5.74) is 3.16. The van der Waals surface area contributed by atoms with Gasteiger partial charge in [0.1, 0.15) is 5.75 Å². The Labute approximate surface area is 108 Å². The molecule has 0 heterocycles. The van der Waals surface area contributed by atoms with Crippen LogP contribution in [0.2, 0.25) is 0 Å². The van der Waals surface area contributed by atoms with Gasteiger partial charge in [0.25, 0.3) is 0 Å². The highest BCUT2D eigenvalue weighted by molar-refractivity contribution is 5.65. The molecule has 0 saturated heterocycles. The van der Waals surface area contributed by atoms with Gasteiger partial charge in [-0.3, -0.25) is 0 Å². The summed E-state index contributed by atoms with van der Waals surface area (Å²) < 4.78 is 0. The normalized spacial score (nSPS) is 11.3. The van der Waals surface area contributed by atoms with E-state index in [9.17, 15) is 5.11 Å². The summed E-state index contributed by atoms with van der Waals surface area (Å²) in [6, 6.07) is 15.5. The molecule has 0 amide bonds. The molecule has 2 nitrogen and oxygen atoms in total. The maximum Gasteiger partial charge on any atom is 0.139 e. The van der Waals surface area contributed by atoms with Crippen molar-refractivity contribution >= 4 is 11.4 Å². The van der Waals surface area contributed by atoms with E-state index in [2.05, 4.69) is 38.2 Å². The zero-order valence-corrected chi connectivity index (χ0v) is 11.1. The lowest BCUT2D eigenvalue weighted by Gasteiger charge is -2.19. The van der Waals surface area contributed by atoms with Crippen molar-refractivity contribution in [2.75, 3.05) is 5.32 Å². The topological polar surface area (TPSA) is 32.3 Å². The number of rotatable bonds is 2. The van der Waals surface area contributed by atoms with E-state index < -0.39 is 0 Å². The number of para-hydroxylation sites is 2. The van der Waals surface area contributed by atoms with E-state index in [4.69, 9.17) is 0 Å². The van der Waals surface area contributed by atoms with E-state index in [1.165, 1.54) is 5.56 Å². The molecule has 0 aliphatic carbocycles. The average molecular weight is 241 g/mol. The first kappa shape index (κ1) is 12.5. The summed E-state index contributed by atoms with van der Waals surface area (Å²) in [6.45, 7) is 6.58. The van der Waals surface area contributed by atoms with Gasteiger partial charge in [-0.25, -0.2) is 0 Å². The van der Waals surface area contributed by atoms with Gasteiger partial charge in [-0.2, -0.15) is 0 Å². The van der Waals surface area contributed by atoms with Crippen molar-refractivity contribution in [3.63, 3.8) is 0 Å². The molecule has 0 aliphatic rings. The van der Waals surface area contributed by atoms with E-state index in [0.717, 1.165) is 11.4 Å². The van der Waals surface area contributed by atoms with Gasteiger partial charge in [-0.15, -0.1) is 0 Å². The van der Waals surface area contributed by atoms with Crippen molar-refractivity contribution in [2.24, 2.45) is 0 Å². The third kappa shape index (κ3) is 2.83. The monoisotopic (exact) mass is 241 g/mol. The Morgan fingerprint density at radius 3 is 2.06 bits per heavy atom. The molecule has 0 bridgehead atoms. The van der Waals surface area contributed by atoms with Crippen molar-refractivity contribution in [3.05, 3.63) is 54.1 Å². The molecule has 18 heavy (non-hydrogen) atoms. The van der Waals surface area contributed by atoms with Crippen LogP contribution in [-0.4, -0.2) is 5.11 Å². The third-order valence-corrected chi connectivity index (χ3v) is 2.93. The third-order valence-electron chi connectivity index (χ3n) is 2.93. The van der Waals surface area contributed by atoms with Crippen molar-refractivity contribution in [1.82, 2.24) is 0 Å². The van der Waals surface area contributed by atoms with E-state index >= 15 is 0 Å². The molecule has 2 rings (SSSR count). The Balaban J connectivity index is 2.19. The summed E-state index contributed by atoms with van der Waals surface area (Å²) in [6.07, 6.45) is 0. The largest absolute Gasteiger partial charge is 0.506 e. The number of anilines is 2. The van der Waals surface area contributed by atoms with Gasteiger partial charge in [0.2, 0.25) is 0 Å². The van der Waals surface area contributed by atoms with Crippen molar-refractivity contribution in [3.8, 4) is 5.75 Å². The maximum atomic E-state index is 9.69. The summed E-state index contributed by atoms with van der Waals surface area (Å²) in [5.74, 6) is 0.261. The van der Waals surface area contributed by atoms with E-state index in [1.807, 2.05) is 30.3 Å². The Morgan fingerprint density at radius 1 is 0.889 bits per heavy atom. The fourth-order valence-electron chi connectivity index (χ4n) is 1.79. The number of nitrogens with one attached hydrogen (secondary N) is 1. The highest BCUT2D eigenvalue weighted by Crippen LogP contribution is 2.28. The van der Waals surface area contributed by atoms with Gasteiger partial charge in [-0.1, -0.05) is 45.0 Å². The van der Waals surface area contributed by atoms with E-state index in [1.54, 1.807) is 6.07 Å². The fraction of sp³-hybridized carbons (Fsp3) is 0.250. The molecule has 0 radical (unpaired) electrons. The smallest absolute Gasteiger partial charge is 0.139 e. The Kier molecular flexibility index (Phi) is 3.28. The molecular formula is C16H19NO. The zero-order valence-electron chi connectivity index (χ0n) is 11.1. The molecule has 0 aliphatic heterocycles. The lowest BCUT2D eigenvalue weighted by Crippen LogP contribution is -2.10. The zero-order chi connectivity index (χ0) is 13.2. The minimum absolute atomic E-state index is 0.160. The number of hydrogen-bond donors (Lipinski definition) is 2. The molecule has 94 valence electrons. The van der Waals surface area contributed by atoms with Crippen LogP contribution in [0.15, 0.2) is 48.5 Å². The van der Waals surface area contributed by atoms with Crippen LogP contribution in [0.3, 0.4) is 0 Å². The standard InChI is InChI=1S/C16H19NO/c1-16(2,3)12-8-10-13(11-9-12)17-14-6-4-5-7-15(14)18/h4-11,17-18H,1-3H3. The molecule has 2 heteroatoms. The van der Waals surface area contributed by atoms with Crippen molar-refractivity contribution in [1.29, 1.82) is 0 Å². The minimum Gasteiger partial charge on any atom is -0.506 e. The second-order valence-corrected chi connectivity index (χ2v) is 5.47. The summed E-state index contributed by atoms with van der Waals surface area (Å²) >= 11 is 0. The average Bonchev–Trinajstić information content (AvgIpc) is 2.32. The van der Waals surface area contributed by atoms with Crippen molar-refractivity contribution in [2.45, 2.75) is 26.2 Å². The van der Waals surface area contributed by atoms with Crippen LogP contribution in [0.5, 0.6) is 5.75 Å². The van der Waals surface area contributed by atoms with Crippen LogP contribution in [0.4, 0.5) is 11.4 Å². The molecule has 2 N–H and O–H groups in total. The number of aromatic hydroxyl groups is 1. The predicted molar refractivity (Wildman–Crippen MR) is 76.5 cm³/mol. The van der Waals surface area contributed by atoms with Crippen LogP contribution in [-0.2, 0) is 5.41 Å². The summed E-state index contributed by atoms with van der Waals surface area (Å²) in [4.78, 5) is 0. The number of benzene rings is 2. The van der Waals surface area contributed by atoms with Crippen LogP contribution in [0.1, 0.15) is 26.3 Å². The number of phenols is 1. The number of phenolic OH excluding ortho intramolecular Hbond substituents is 1. The van der Waals surface area contributed by atoms with Crippen LogP contribution in [0, 0.1) is 0 Å². The van der Waals surface area contributed by atoms with Crippen LogP contribution in [0.25, 0.3) is 0 Å². The molecule has 0 aromatic heterocycles. The van der Waals surface area contributed by atoms with Gasteiger partial charge < -0.3 is 10.4 Å². The van der Waals surface area contributed by atoms with Crippen LogP contribution >= 0.6 is 0 Å². The quantitative estimate of drug-likeness (QED) is 0.762. The first-order valence-electron chi connectivity index (χ1n) is 6.12. The Bertz CT molecular complexity index is 524. The van der Waals surface area contributed by atoms with E-state index in [0.29, 0.717) is 0 Å². The van der Waals surface area contributed by atoms with Gasteiger partial charge >= 0.3 is 0 Å². The molecule has 0 fully saturated rings. The molecule has 0 atom stereocenters. The Morgan fingerprint density at radius 2 is 1.50 bits per heavy atom. The van der Waals surface area contributed by atoms with Gasteiger partial charge in [-0.05, 0) is 35.2 Å². The summed E-state index contributed by atoms with van der Waals surface area (Å²) in [5, 5.41) is 12.9.